The van der Waals surface area contributed by atoms with Crippen LogP contribution in [0.3, 0.4) is 0 Å². The molecule has 0 radical (unpaired) electrons. The number of benzene rings is 2. The first-order valence-corrected chi connectivity index (χ1v) is 7.64. The molecule has 3 heteroatoms. The van der Waals surface area contributed by atoms with E-state index in [4.69, 9.17) is 11.6 Å². The zero-order chi connectivity index (χ0) is 14.8. The smallest absolute Gasteiger partial charge is 0.224 e. The lowest BCUT2D eigenvalue weighted by Crippen LogP contribution is -2.32. The summed E-state index contributed by atoms with van der Waals surface area (Å²) in [4.78, 5) is 12.3. The number of carbonyl (C=O) groups excluding carboxylic acids is 1. The fraction of sp³-hybridized carbons (Fsp3) is 0.278. The molecular formula is C18H18ClNO. The largest absolute Gasteiger partial charge is 0.347 e. The van der Waals surface area contributed by atoms with Gasteiger partial charge in [0.1, 0.15) is 0 Å². The Balaban J connectivity index is 1.70. The number of hydrogen-bond donors (Lipinski definition) is 1. The van der Waals surface area contributed by atoms with Gasteiger partial charge in [0.05, 0.1) is 17.8 Å². The second-order valence-corrected chi connectivity index (χ2v) is 6.19. The zero-order valence-electron chi connectivity index (χ0n) is 12.0. The lowest BCUT2D eigenvalue weighted by molar-refractivity contribution is -0.121. The van der Waals surface area contributed by atoms with Gasteiger partial charge in [0.15, 0.2) is 0 Å². The number of alkyl halides is 1. The van der Waals surface area contributed by atoms with Gasteiger partial charge in [-0.25, -0.2) is 0 Å². The standard InChI is InChI=1S/C18H18ClNO/c1-12-5-4-6-13(9-12)10-17(21)20-18-15-8-3-2-7-14(15)11-16(18)19/h2-9,16,18H,10-11H2,1H3,(H,20,21). The van der Waals surface area contributed by atoms with Crippen LogP contribution in [0.25, 0.3) is 0 Å². The number of aryl methyl sites for hydroxylation is 1. The number of carbonyl (C=O) groups is 1. The van der Waals surface area contributed by atoms with Crippen LogP contribution < -0.4 is 5.32 Å². The molecule has 1 N–H and O–H groups in total. The first kappa shape index (κ1) is 14.2. The number of amides is 1. The van der Waals surface area contributed by atoms with E-state index in [1.165, 1.54) is 11.1 Å². The molecule has 0 saturated heterocycles. The van der Waals surface area contributed by atoms with Crippen LogP contribution in [0.5, 0.6) is 0 Å². The highest BCUT2D eigenvalue weighted by Gasteiger charge is 2.31. The van der Waals surface area contributed by atoms with Crippen LogP contribution in [0.4, 0.5) is 0 Å². The van der Waals surface area contributed by atoms with E-state index in [2.05, 4.69) is 17.4 Å². The van der Waals surface area contributed by atoms with Crippen molar-refractivity contribution in [3.8, 4) is 0 Å². The summed E-state index contributed by atoms with van der Waals surface area (Å²) in [5.41, 5.74) is 4.58. The lowest BCUT2D eigenvalue weighted by Gasteiger charge is -2.17. The third kappa shape index (κ3) is 3.11. The van der Waals surface area contributed by atoms with Crippen LogP contribution in [0.15, 0.2) is 48.5 Å². The van der Waals surface area contributed by atoms with Crippen LogP contribution in [0, 0.1) is 6.92 Å². The van der Waals surface area contributed by atoms with Gasteiger partial charge in [-0.05, 0) is 30.0 Å². The Bertz CT molecular complexity index is 668. The molecule has 21 heavy (non-hydrogen) atoms. The van der Waals surface area contributed by atoms with Gasteiger partial charge < -0.3 is 5.32 Å². The molecule has 1 aliphatic rings. The number of nitrogens with one attached hydrogen (secondary N) is 1. The Kier molecular flexibility index (Phi) is 3.98. The molecule has 2 nitrogen and oxygen atoms in total. The summed E-state index contributed by atoms with van der Waals surface area (Å²) in [5, 5.41) is 3.02. The quantitative estimate of drug-likeness (QED) is 0.863. The summed E-state index contributed by atoms with van der Waals surface area (Å²) in [6.07, 6.45) is 1.21. The van der Waals surface area contributed by atoms with E-state index in [-0.39, 0.29) is 17.3 Å². The van der Waals surface area contributed by atoms with Gasteiger partial charge in [0, 0.05) is 0 Å². The van der Waals surface area contributed by atoms with Gasteiger partial charge in [-0.2, -0.15) is 0 Å². The molecule has 0 spiro atoms. The Morgan fingerprint density at radius 3 is 2.86 bits per heavy atom. The summed E-state index contributed by atoms with van der Waals surface area (Å²) < 4.78 is 0. The molecule has 2 atom stereocenters. The summed E-state index contributed by atoms with van der Waals surface area (Å²) >= 11 is 6.40. The topological polar surface area (TPSA) is 29.1 Å². The molecule has 0 saturated carbocycles. The minimum atomic E-state index is -0.0832. The zero-order valence-corrected chi connectivity index (χ0v) is 12.7. The Morgan fingerprint density at radius 2 is 2.05 bits per heavy atom. The van der Waals surface area contributed by atoms with Gasteiger partial charge in [0.2, 0.25) is 5.91 Å². The average molecular weight is 300 g/mol. The van der Waals surface area contributed by atoms with Crippen molar-refractivity contribution >= 4 is 17.5 Å². The van der Waals surface area contributed by atoms with Crippen LogP contribution in [-0.2, 0) is 17.6 Å². The van der Waals surface area contributed by atoms with E-state index >= 15 is 0 Å². The predicted molar refractivity (Wildman–Crippen MR) is 85.6 cm³/mol. The molecule has 1 aliphatic carbocycles. The van der Waals surface area contributed by atoms with Crippen molar-refractivity contribution in [1.29, 1.82) is 0 Å². The molecule has 2 unspecified atom stereocenters. The maximum absolute atomic E-state index is 12.3. The van der Waals surface area contributed by atoms with Gasteiger partial charge in [-0.1, -0.05) is 54.1 Å². The summed E-state index contributed by atoms with van der Waals surface area (Å²) in [7, 11) is 0. The van der Waals surface area contributed by atoms with Crippen LogP contribution in [0.1, 0.15) is 28.3 Å². The average Bonchev–Trinajstić information content (AvgIpc) is 2.75. The molecule has 1 amide bonds. The first-order valence-electron chi connectivity index (χ1n) is 7.20. The number of halogens is 1. The van der Waals surface area contributed by atoms with Gasteiger partial charge >= 0.3 is 0 Å². The third-order valence-electron chi connectivity index (χ3n) is 3.93. The van der Waals surface area contributed by atoms with E-state index in [9.17, 15) is 4.79 Å². The van der Waals surface area contributed by atoms with Crippen molar-refractivity contribution in [3.63, 3.8) is 0 Å². The highest BCUT2D eigenvalue weighted by atomic mass is 35.5. The van der Waals surface area contributed by atoms with Crippen molar-refractivity contribution < 1.29 is 4.79 Å². The van der Waals surface area contributed by atoms with Crippen molar-refractivity contribution in [2.45, 2.75) is 31.2 Å². The Hall–Kier alpha value is -1.80. The second kappa shape index (κ2) is 5.90. The van der Waals surface area contributed by atoms with Gasteiger partial charge in [0.25, 0.3) is 0 Å². The minimum Gasteiger partial charge on any atom is -0.347 e. The van der Waals surface area contributed by atoms with Crippen LogP contribution in [-0.4, -0.2) is 11.3 Å². The SMILES string of the molecule is Cc1cccc(CC(=O)NC2c3ccccc3CC2Cl)c1. The Labute approximate surface area is 130 Å². The normalized spacial score (nSPS) is 20.1. The molecule has 3 rings (SSSR count). The summed E-state index contributed by atoms with van der Waals surface area (Å²) in [6, 6.07) is 16.1. The van der Waals surface area contributed by atoms with Crippen molar-refractivity contribution in [3.05, 3.63) is 70.8 Å². The minimum absolute atomic E-state index is 0.0213. The van der Waals surface area contributed by atoms with E-state index in [0.29, 0.717) is 6.42 Å². The molecule has 2 aromatic carbocycles. The fourth-order valence-electron chi connectivity index (χ4n) is 2.95. The Morgan fingerprint density at radius 1 is 1.24 bits per heavy atom. The van der Waals surface area contributed by atoms with Crippen LogP contribution in [0.2, 0.25) is 0 Å². The number of rotatable bonds is 3. The highest BCUT2D eigenvalue weighted by Crippen LogP contribution is 2.34. The van der Waals surface area contributed by atoms with E-state index < -0.39 is 0 Å². The molecule has 0 aliphatic heterocycles. The van der Waals surface area contributed by atoms with Crippen molar-refractivity contribution in [2.75, 3.05) is 0 Å². The monoisotopic (exact) mass is 299 g/mol. The fourth-order valence-corrected chi connectivity index (χ4v) is 3.31. The molecule has 0 fully saturated rings. The van der Waals surface area contributed by atoms with Crippen molar-refractivity contribution in [1.82, 2.24) is 5.32 Å². The van der Waals surface area contributed by atoms with Crippen LogP contribution >= 0.6 is 11.6 Å². The van der Waals surface area contributed by atoms with Gasteiger partial charge in [-0.15, -0.1) is 11.6 Å². The van der Waals surface area contributed by atoms with Crippen molar-refractivity contribution in [2.24, 2.45) is 0 Å². The molecule has 108 valence electrons. The van der Waals surface area contributed by atoms with E-state index in [0.717, 1.165) is 17.5 Å². The first-order chi connectivity index (χ1) is 10.1. The molecule has 0 bridgehead atoms. The molecule has 0 heterocycles. The predicted octanol–water partition coefficient (Wildman–Crippen LogP) is 3.56. The molecule has 0 aromatic heterocycles. The maximum atomic E-state index is 12.3. The van der Waals surface area contributed by atoms with E-state index in [1.807, 2.05) is 43.3 Å². The second-order valence-electron chi connectivity index (χ2n) is 5.63. The third-order valence-corrected chi connectivity index (χ3v) is 4.34. The maximum Gasteiger partial charge on any atom is 0.224 e. The number of hydrogen-bond acceptors (Lipinski definition) is 1. The highest BCUT2D eigenvalue weighted by molar-refractivity contribution is 6.21. The van der Waals surface area contributed by atoms with Gasteiger partial charge in [-0.3, -0.25) is 4.79 Å². The summed E-state index contributed by atoms with van der Waals surface area (Å²) in [5.74, 6) is 0.0213. The van der Waals surface area contributed by atoms with E-state index in [1.54, 1.807) is 0 Å². The lowest BCUT2D eigenvalue weighted by atomic mass is 10.1. The molecule has 2 aromatic rings. The number of fused-ring (bicyclic) bond motifs is 1. The molecular weight excluding hydrogens is 282 g/mol. The summed E-state index contributed by atoms with van der Waals surface area (Å²) in [6.45, 7) is 2.03.